The van der Waals surface area contributed by atoms with Gasteiger partial charge in [-0.25, -0.2) is 4.79 Å². The van der Waals surface area contributed by atoms with Crippen LogP contribution in [0.15, 0.2) is 0 Å². The summed E-state index contributed by atoms with van der Waals surface area (Å²) in [6.07, 6.45) is 1.81. The largest absolute Gasteiger partial charge is 0.450 e. The molecule has 0 saturated carbocycles. The predicted octanol–water partition coefficient (Wildman–Crippen LogP) is 0.683. The molecule has 6 nitrogen and oxygen atoms in total. The third-order valence-corrected chi connectivity index (χ3v) is 3.81. The Balaban J connectivity index is 0.00000162. The van der Waals surface area contributed by atoms with Gasteiger partial charge in [-0.05, 0) is 25.7 Å². The first-order chi connectivity index (χ1) is 8.13. The van der Waals surface area contributed by atoms with E-state index < -0.39 is 0 Å². The molecule has 0 aromatic heterocycles. The number of piperidine rings is 1. The number of amides is 2. The van der Waals surface area contributed by atoms with Crippen molar-refractivity contribution >= 4 is 24.4 Å². The van der Waals surface area contributed by atoms with Crippen molar-refractivity contribution in [3.05, 3.63) is 0 Å². The zero-order valence-electron chi connectivity index (χ0n) is 11.4. The Morgan fingerprint density at radius 2 is 1.89 bits per heavy atom. The normalized spacial score (nSPS) is 24.9. The number of hydrogen-bond acceptors (Lipinski definition) is 3. The van der Waals surface area contributed by atoms with Crippen molar-refractivity contribution in [2.45, 2.75) is 32.7 Å². The lowest BCUT2D eigenvalue weighted by Gasteiger charge is -2.37. The molecule has 2 heterocycles. The first kappa shape index (κ1) is 18.0. The molecule has 1 unspecified atom stereocenters. The molecule has 0 bridgehead atoms. The minimum Gasteiger partial charge on any atom is -0.450 e. The van der Waals surface area contributed by atoms with Gasteiger partial charge in [0.25, 0.3) is 0 Å². The Hall–Kier alpha value is -1.01. The molecule has 2 N–H and O–H groups in total. The van der Waals surface area contributed by atoms with E-state index in [-0.39, 0.29) is 35.9 Å². The third kappa shape index (κ3) is 3.73. The highest BCUT2D eigenvalue weighted by Gasteiger charge is 2.41. The van der Waals surface area contributed by atoms with E-state index in [0.29, 0.717) is 19.1 Å². The number of halogens is 1. The van der Waals surface area contributed by atoms with E-state index >= 15 is 0 Å². The summed E-state index contributed by atoms with van der Waals surface area (Å²) in [7, 11) is 0. The zero-order valence-corrected chi connectivity index (χ0v) is 12.2. The van der Waals surface area contributed by atoms with Gasteiger partial charge in [-0.1, -0.05) is 0 Å². The lowest BCUT2D eigenvalue weighted by molar-refractivity contribution is -0.131. The van der Waals surface area contributed by atoms with E-state index in [9.17, 15) is 9.59 Å². The highest BCUT2D eigenvalue weighted by molar-refractivity contribution is 5.85. The number of carbonyl (C=O) groups excluding carboxylic acids is 2. The summed E-state index contributed by atoms with van der Waals surface area (Å²) >= 11 is 0. The molecule has 2 atom stereocenters. The smallest absolute Gasteiger partial charge is 0.410 e. The Bertz CT molecular complexity index is 327. The standard InChI is InChI=1S/C12H20N2O3.ClH.H2O/c1-3-17-12(16)14-7-5-10-4-6-13(9(2)15)8-11(10)14;;/h10-11H,3-8H2,1-2H3;1H;1H2/t10?,11-;;/m1../s1. The van der Waals surface area contributed by atoms with Gasteiger partial charge in [0.2, 0.25) is 5.91 Å². The first-order valence-corrected chi connectivity index (χ1v) is 6.32. The molecule has 112 valence electrons. The Morgan fingerprint density at radius 1 is 1.26 bits per heavy atom. The van der Waals surface area contributed by atoms with Crippen LogP contribution in [0.4, 0.5) is 4.79 Å². The first-order valence-electron chi connectivity index (χ1n) is 6.32. The van der Waals surface area contributed by atoms with Crippen LogP contribution in [-0.4, -0.2) is 59.6 Å². The fourth-order valence-corrected chi connectivity index (χ4v) is 2.86. The summed E-state index contributed by atoms with van der Waals surface area (Å²) in [5.41, 5.74) is 0. The van der Waals surface area contributed by atoms with Gasteiger partial charge in [-0.3, -0.25) is 4.79 Å². The van der Waals surface area contributed by atoms with Crippen LogP contribution in [0.5, 0.6) is 0 Å². The number of hydrogen-bond donors (Lipinski definition) is 0. The van der Waals surface area contributed by atoms with Crippen LogP contribution in [0.1, 0.15) is 26.7 Å². The monoisotopic (exact) mass is 294 g/mol. The van der Waals surface area contributed by atoms with Crippen LogP contribution in [0.2, 0.25) is 0 Å². The zero-order chi connectivity index (χ0) is 12.4. The van der Waals surface area contributed by atoms with Crippen molar-refractivity contribution < 1.29 is 19.8 Å². The van der Waals surface area contributed by atoms with Gasteiger partial charge in [0.05, 0.1) is 12.6 Å². The highest BCUT2D eigenvalue weighted by atomic mass is 35.5. The van der Waals surface area contributed by atoms with E-state index in [1.54, 1.807) is 11.8 Å². The second-order valence-corrected chi connectivity index (χ2v) is 4.76. The molecular formula is C12H23ClN2O4. The Kier molecular flexibility index (Phi) is 7.15. The SMILES string of the molecule is CCOC(=O)N1CCC2CCN(C(C)=O)C[C@H]21.Cl.O. The van der Waals surface area contributed by atoms with Crippen molar-refractivity contribution in [2.75, 3.05) is 26.2 Å². The molecule has 2 aliphatic rings. The van der Waals surface area contributed by atoms with Crippen molar-refractivity contribution in [1.29, 1.82) is 0 Å². The second-order valence-electron chi connectivity index (χ2n) is 4.76. The molecule has 2 amide bonds. The lowest BCUT2D eigenvalue weighted by Crippen LogP contribution is -2.51. The summed E-state index contributed by atoms with van der Waals surface area (Å²) < 4.78 is 5.05. The van der Waals surface area contributed by atoms with E-state index in [1.165, 1.54) is 0 Å². The maximum absolute atomic E-state index is 11.8. The topological polar surface area (TPSA) is 81.3 Å². The van der Waals surface area contributed by atoms with Crippen LogP contribution in [0, 0.1) is 5.92 Å². The number of fused-ring (bicyclic) bond motifs is 1. The van der Waals surface area contributed by atoms with E-state index in [4.69, 9.17) is 4.74 Å². The molecule has 2 fully saturated rings. The van der Waals surface area contributed by atoms with Crippen LogP contribution < -0.4 is 0 Å². The van der Waals surface area contributed by atoms with Crippen molar-refractivity contribution in [1.82, 2.24) is 9.80 Å². The van der Waals surface area contributed by atoms with Gasteiger partial charge < -0.3 is 20.0 Å². The molecule has 0 aromatic rings. The van der Waals surface area contributed by atoms with Crippen molar-refractivity contribution in [2.24, 2.45) is 5.92 Å². The second kappa shape index (κ2) is 7.55. The van der Waals surface area contributed by atoms with E-state index in [2.05, 4.69) is 0 Å². The molecule has 0 radical (unpaired) electrons. The van der Waals surface area contributed by atoms with Gasteiger partial charge in [-0.15, -0.1) is 12.4 Å². The van der Waals surface area contributed by atoms with Gasteiger partial charge in [-0.2, -0.15) is 0 Å². The number of rotatable bonds is 1. The maximum atomic E-state index is 11.8. The van der Waals surface area contributed by atoms with Crippen LogP contribution in [0.3, 0.4) is 0 Å². The molecule has 0 aliphatic carbocycles. The quantitative estimate of drug-likeness (QED) is 0.713. The maximum Gasteiger partial charge on any atom is 0.410 e. The van der Waals surface area contributed by atoms with Crippen LogP contribution in [0.25, 0.3) is 0 Å². The number of nitrogens with zero attached hydrogens (tertiary/aromatic N) is 2. The summed E-state index contributed by atoms with van der Waals surface area (Å²) in [5, 5.41) is 0. The minimum absolute atomic E-state index is 0. The average molecular weight is 295 g/mol. The van der Waals surface area contributed by atoms with Crippen molar-refractivity contribution in [3.63, 3.8) is 0 Å². The molecule has 2 rings (SSSR count). The van der Waals surface area contributed by atoms with E-state index in [1.807, 2.05) is 11.8 Å². The summed E-state index contributed by atoms with van der Waals surface area (Å²) in [5.74, 6) is 0.633. The van der Waals surface area contributed by atoms with Gasteiger partial charge >= 0.3 is 6.09 Å². The Morgan fingerprint density at radius 3 is 2.47 bits per heavy atom. The molecule has 0 aromatic carbocycles. The molecule has 2 aliphatic heterocycles. The van der Waals surface area contributed by atoms with Crippen molar-refractivity contribution in [3.8, 4) is 0 Å². The Labute approximate surface area is 119 Å². The molecule has 2 saturated heterocycles. The molecular weight excluding hydrogens is 272 g/mol. The fourth-order valence-electron chi connectivity index (χ4n) is 2.86. The number of ether oxygens (including phenoxy) is 1. The number of likely N-dealkylation sites (tertiary alicyclic amines) is 2. The van der Waals surface area contributed by atoms with Crippen LogP contribution in [-0.2, 0) is 9.53 Å². The van der Waals surface area contributed by atoms with Gasteiger partial charge in [0.15, 0.2) is 0 Å². The van der Waals surface area contributed by atoms with Gasteiger partial charge in [0.1, 0.15) is 0 Å². The predicted molar refractivity (Wildman–Crippen MR) is 73.4 cm³/mol. The lowest BCUT2D eigenvalue weighted by atomic mass is 9.92. The molecule has 19 heavy (non-hydrogen) atoms. The summed E-state index contributed by atoms with van der Waals surface area (Å²) in [6, 6.07) is 0.159. The fraction of sp³-hybridized carbons (Fsp3) is 0.833. The third-order valence-electron chi connectivity index (χ3n) is 3.81. The van der Waals surface area contributed by atoms with Gasteiger partial charge in [0, 0.05) is 26.6 Å². The van der Waals surface area contributed by atoms with Crippen LogP contribution >= 0.6 is 12.4 Å². The number of carbonyl (C=O) groups is 2. The molecule has 0 spiro atoms. The highest BCUT2D eigenvalue weighted by Crippen LogP contribution is 2.32. The summed E-state index contributed by atoms with van der Waals surface area (Å²) in [4.78, 5) is 26.8. The van der Waals surface area contributed by atoms with E-state index in [0.717, 1.165) is 25.9 Å². The average Bonchev–Trinajstić information content (AvgIpc) is 2.71. The molecule has 7 heteroatoms. The summed E-state index contributed by atoms with van der Waals surface area (Å²) in [6.45, 7) is 6.06. The minimum atomic E-state index is -0.231.